The van der Waals surface area contributed by atoms with Gasteiger partial charge in [0.05, 0.1) is 18.7 Å². The van der Waals surface area contributed by atoms with Crippen molar-refractivity contribution >= 4 is 34.3 Å². The van der Waals surface area contributed by atoms with Gasteiger partial charge in [-0.1, -0.05) is 0 Å². The van der Waals surface area contributed by atoms with Crippen LogP contribution in [-0.2, 0) is 16.1 Å². The monoisotopic (exact) mass is 430 g/mol. The number of esters is 1. The zero-order valence-corrected chi connectivity index (χ0v) is 17.9. The molecular formula is C20H22N4O5S. The molecule has 0 aliphatic rings. The number of ether oxygens (including phenoxy) is 1. The number of hydrogen-bond donors (Lipinski definition) is 3. The number of aromatic nitrogens is 2. The van der Waals surface area contributed by atoms with E-state index in [1.165, 1.54) is 18.3 Å². The minimum absolute atomic E-state index is 0.146. The average Bonchev–Trinajstić information content (AvgIpc) is 3.39. The minimum Gasteiger partial charge on any atom is -0.462 e. The molecule has 0 aliphatic heterocycles. The summed E-state index contributed by atoms with van der Waals surface area (Å²) in [6, 6.07) is 3.51. The van der Waals surface area contributed by atoms with Gasteiger partial charge in [0.2, 0.25) is 5.91 Å². The molecule has 9 nitrogen and oxygen atoms in total. The molecule has 0 bridgehead atoms. The summed E-state index contributed by atoms with van der Waals surface area (Å²) in [5.74, 6) is 0.115. The molecule has 0 atom stereocenters. The Balaban J connectivity index is 1.72. The number of aromatic amines is 1. The van der Waals surface area contributed by atoms with E-state index in [1.807, 2.05) is 0 Å². The van der Waals surface area contributed by atoms with E-state index in [0.29, 0.717) is 39.2 Å². The van der Waals surface area contributed by atoms with E-state index in [9.17, 15) is 14.4 Å². The number of rotatable bonds is 7. The van der Waals surface area contributed by atoms with Crippen molar-refractivity contribution < 1.29 is 23.5 Å². The fourth-order valence-electron chi connectivity index (χ4n) is 2.91. The SMILES string of the molecule is CCOC(=O)c1c(C)[nH]c(C(=O)Nc2nc(-c3ccc(CNC(C)=O)o3)cs2)c1C. The smallest absolute Gasteiger partial charge is 0.340 e. The number of anilines is 1. The molecule has 0 saturated heterocycles. The van der Waals surface area contributed by atoms with Gasteiger partial charge in [-0.3, -0.25) is 14.9 Å². The molecule has 3 N–H and O–H groups in total. The molecule has 3 aromatic heterocycles. The molecule has 0 spiro atoms. The summed E-state index contributed by atoms with van der Waals surface area (Å²) in [6.45, 7) is 7.11. The van der Waals surface area contributed by atoms with Crippen molar-refractivity contribution in [1.82, 2.24) is 15.3 Å². The van der Waals surface area contributed by atoms with Crippen LogP contribution in [0.3, 0.4) is 0 Å². The minimum atomic E-state index is -0.466. The van der Waals surface area contributed by atoms with Crippen LogP contribution in [0.2, 0.25) is 0 Å². The van der Waals surface area contributed by atoms with Crippen molar-refractivity contribution in [2.24, 2.45) is 0 Å². The third-order valence-corrected chi connectivity index (χ3v) is 5.05. The molecule has 0 aromatic carbocycles. The largest absolute Gasteiger partial charge is 0.462 e. The molecule has 0 saturated carbocycles. The normalized spacial score (nSPS) is 10.7. The Hall–Kier alpha value is -3.40. The maximum absolute atomic E-state index is 12.7. The molecule has 2 amide bonds. The van der Waals surface area contributed by atoms with Crippen LogP contribution >= 0.6 is 11.3 Å². The first-order chi connectivity index (χ1) is 14.3. The molecule has 0 radical (unpaired) electrons. The third kappa shape index (κ3) is 4.60. The molecule has 3 aromatic rings. The summed E-state index contributed by atoms with van der Waals surface area (Å²) in [5.41, 5.74) is 2.30. The van der Waals surface area contributed by atoms with Crippen LogP contribution in [0.1, 0.15) is 51.7 Å². The van der Waals surface area contributed by atoms with E-state index < -0.39 is 11.9 Å². The van der Waals surface area contributed by atoms with Gasteiger partial charge in [0, 0.05) is 18.0 Å². The van der Waals surface area contributed by atoms with Crippen LogP contribution < -0.4 is 10.6 Å². The van der Waals surface area contributed by atoms with Gasteiger partial charge in [0.15, 0.2) is 10.9 Å². The van der Waals surface area contributed by atoms with E-state index >= 15 is 0 Å². The highest BCUT2D eigenvalue weighted by molar-refractivity contribution is 7.14. The number of thiazole rings is 1. The van der Waals surface area contributed by atoms with Crippen LogP contribution in [0.5, 0.6) is 0 Å². The van der Waals surface area contributed by atoms with Gasteiger partial charge in [-0.05, 0) is 38.5 Å². The van der Waals surface area contributed by atoms with Crippen molar-refractivity contribution in [3.8, 4) is 11.5 Å². The molecule has 0 unspecified atom stereocenters. The van der Waals surface area contributed by atoms with Crippen molar-refractivity contribution in [3.63, 3.8) is 0 Å². The first-order valence-corrected chi connectivity index (χ1v) is 10.1. The Morgan fingerprint density at radius 2 is 2.03 bits per heavy atom. The number of carbonyl (C=O) groups is 3. The Morgan fingerprint density at radius 1 is 1.27 bits per heavy atom. The zero-order chi connectivity index (χ0) is 21.8. The van der Waals surface area contributed by atoms with Gasteiger partial charge in [-0.2, -0.15) is 0 Å². The summed E-state index contributed by atoms with van der Waals surface area (Å²) >= 11 is 1.25. The summed E-state index contributed by atoms with van der Waals surface area (Å²) in [7, 11) is 0. The van der Waals surface area contributed by atoms with E-state index in [0.717, 1.165) is 0 Å². The number of nitrogens with zero attached hydrogens (tertiary/aromatic N) is 1. The Bertz CT molecular complexity index is 1090. The maximum Gasteiger partial charge on any atom is 0.340 e. The highest BCUT2D eigenvalue weighted by atomic mass is 32.1. The number of hydrogen-bond acceptors (Lipinski definition) is 7. The van der Waals surface area contributed by atoms with Crippen molar-refractivity contribution in [3.05, 3.63) is 45.8 Å². The first kappa shape index (κ1) is 21.3. The quantitative estimate of drug-likeness (QED) is 0.493. The zero-order valence-electron chi connectivity index (χ0n) is 17.0. The van der Waals surface area contributed by atoms with Crippen molar-refractivity contribution in [2.45, 2.75) is 34.2 Å². The summed E-state index contributed by atoms with van der Waals surface area (Å²) in [5, 5.41) is 7.54. The van der Waals surface area contributed by atoms with Gasteiger partial charge in [0.1, 0.15) is 17.1 Å². The first-order valence-electron chi connectivity index (χ1n) is 9.26. The lowest BCUT2D eigenvalue weighted by Gasteiger charge is -2.03. The molecule has 3 heterocycles. The molecule has 30 heavy (non-hydrogen) atoms. The highest BCUT2D eigenvalue weighted by Gasteiger charge is 2.23. The summed E-state index contributed by atoms with van der Waals surface area (Å²) < 4.78 is 10.7. The van der Waals surface area contributed by atoms with Crippen LogP contribution in [0.15, 0.2) is 21.9 Å². The molecule has 0 aliphatic carbocycles. The third-order valence-electron chi connectivity index (χ3n) is 4.29. The van der Waals surface area contributed by atoms with Gasteiger partial charge in [0.25, 0.3) is 5.91 Å². The van der Waals surface area contributed by atoms with Gasteiger partial charge >= 0.3 is 5.97 Å². The van der Waals surface area contributed by atoms with Crippen molar-refractivity contribution in [2.75, 3.05) is 11.9 Å². The highest BCUT2D eigenvalue weighted by Crippen LogP contribution is 2.27. The average molecular weight is 430 g/mol. The van der Waals surface area contributed by atoms with Crippen molar-refractivity contribution in [1.29, 1.82) is 0 Å². The Labute approximate surface area is 176 Å². The molecular weight excluding hydrogens is 408 g/mol. The fourth-order valence-corrected chi connectivity index (χ4v) is 3.61. The Kier molecular flexibility index (Phi) is 6.36. The molecule has 0 fully saturated rings. The second kappa shape index (κ2) is 8.95. The molecule has 10 heteroatoms. The van der Waals surface area contributed by atoms with Crippen LogP contribution in [0.4, 0.5) is 5.13 Å². The molecule has 158 valence electrons. The maximum atomic E-state index is 12.7. The topological polar surface area (TPSA) is 126 Å². The Morgan fingerprint density at radius 3 is 2.73 bits per heavy atom. The number of nitrogens with one attached hydrogen (secondary N) is 3. The van der Waals surface area contributed by atoms with E-state index in [1.54, 1.807) is 38.3 Å². The number of furan rings is 1. The second-order valence-electron chi connectivity index (χ2n) is 6.51. The fraction of sp³-hybridized carbons (Fsp3) is 0.300. The number of amides is 2. The second-order valence-corrected chi connectivity index (χ2v) is 7.37. The predicted octanol–water partition coefficient (Wildman–Crippen LogP) is 3.41. The molecule has 3 rings (SSSR count). The van der Waals surface area contributed by atoms with Crippen LogP contribution in [-0.4, -0.2) is 34.4 Å². The van der Waals surface area contributed by atoms with E-state index in [2.05, 4.69) is 20.6 Å². The van der Waals surface area contributed by atoms with Gasteiger partial charge in [-0.15, -0.1) is 11.3 Å². The van der Waals surface area contributed by atoms with E-state index in [4.69, 9.17) is 9.15 Å². The van der Waals surface area contributed by atoms with E-state index in [-0.39, 0.29) is 24.8 Å². The summed E-state index contributed by atoms with van der Waals surface area (Å²) in [4.78, 5) is 43.1. The van der Waals surface area contributed by atoms with Gasteiger partial charge < -0.3 is 19.5 Å². The van der Waals surface area contributed by atoms with Crippen LogP contribution in [0, 0.1) is 13.8 Å². The lowest BCUT2D eigenvalue weighted by Crippen LogP contribution is -2.18. The number of aryl methyl sites for hydroxylation is 1. The van der Waals surface area contributed by atoms with Crippen LogP contribution in [0.25, 0.3) is 11.5 Å². The number of carbonyl (C=O) groups excluding carboxylic acids is 3. The standard InChI is InChI=1S/C20H22N4O5S/c1-5-28-19(27)16-10(2)17(22-11(16)3)18(26)24-20-23-14(9-30-20)15-7-6-13(29-15)8-21-12(4)25/h6-7,9,22H,5,8H2,1-4H3,(H,21,25)(H,23,24,26). The summed E-state index contributed by atoms with van der Waals surface area (Å²) in [6.07, 6.45) is 0. The predicted molar refractivity (Wildman–Crippen MR) is 112 cm³/mol. The lowest BCUT2D eigenvalue weighted by molar-refractivity contribution is -0.119. The van der Waals surface area contributed by atoms with Gasteiger partial charge in [-0.25, -0.2) is 9.78 Å². The number of H-pyrrole nitrogens is 1. The lowest BCUT2D eigenvalue weighted by atomic mass is 10.1.